The second-order valence-electron chi connectivity index (χ2n) is 6.64. The van der Waals surface area contributed by atoms with Crippen molar-refractivity contribution in [2.75, 3.05) is 20.3 Å². The fraction of sp³-hybridized carbons (Fsp3) is 0.350. The quantitative estimate of drug-likeness (QED) is 0.799. The number of carbonyl (C=O) groups excluding carboxylic acids is 1. The van der Waals surface area contributed by atoms with E-state index >= 15 is 0 Å². The number of rotatable bonds is 5. The highest BCUT2D eigenvalue weighted by molar-refractivity contribution is 9.10. The minimum absolute atomic E-state index is 0.0545. The Labute approximate surface area is 161 Å². The van der Waals surface area contributed by atoms with Crippen LogP contribution in [0.1, 0.15) is 25.0 Å². The van der Waals surface area contributed by atoms with Crippen LogP contribution in [0.3, 0.4) is 0 Å². The molecule has 1 aliphatic heterocycles. The molecule has 0 aromatic heterocycles. The zero-order valence-corrected chi connectivity index (χ0v) is 16.7. The molecule has 0 fully saturated rings. The topological polar surface area (TPSA) is 56.8 Å². The standard InChI is InChI=1S/C20H22BrNO4/c1-20(2,14-5-7-17-18(11-14)26-9-8-25-17)19(23)22-12-13-4-6-16(24-3)15(21)10-13/h4-7,10-11H,8-9,12H2,1-3H3,(H,22,23). The minimum atomic E-state index is -0.695. The van der Waals surface area contributed by atoms with Gasteiger partial charge in [-0.1, -0.05) is 12.1 Å². The lowest BCUT2D eigenvalue weighted by molar-refractivity contribution is -0.125. The third-order valence-electron chi connectivity index (χ3n) is 4.50. The number of ether oxygens (including phenoxy) is 3. The average Bonchev–Trinajstić information content (AvgIpc) is 2.65. The van der Waals surface area contributed by atoms with Crippen molar-refractivity contribution in [2.45, 2.75) is 25.8 Å². The van der Waals surface area contributed by atoms with Gasteiger partial charge in [-0.15, -0.1) is 0 Å². The Bertz CT molecular complexity index is 819. The molecule has 1 heterocycles. The van der Waals surface area contributed by atoms with Gasteiger partial charge in [-0.2, -0.15) is 0 Å². The van der Waals surface area contributed by atoms with Crippen LogP contribution < -0.4 is 19.5 Å². The molecular formula is C20H22BrNO4. The molecule has 26 heavy (non-hydrogen) atoms. The highest BCUT2D eigenvalue weighted by Crippen LogP contribution is 2.35. The molecule has 2 aromatic rings. The minimum Gasteiger partial charge on any atom is -0.496 e. The number of halogens is 1. The van der Waals surface area contributed by atoms with Crippen LogP contribution in [-0.2, 0) is 16.8 Å². The second kappa shape index (κ2) is 7.58. The van der Waals surface area contributed by atoms with E-state index in [-0.39, 0.29) is 5.91 Å². The predicted molar refractivity (Wildman–Crippen MR) is 103 cm³/mol. The van der Waals surface area contributed by atoms with E-state index in [0.29, 0.717) is 25.5 Å². The Hall–Kier alpha value is -2.21. The summed E-state index contributed by atoms with van der Waals surface area (Å²) in [6.45, 7) is 5.31. The van der Waals surface area contributed by atoms with E-state index in [0.717, 1.165) is 27.1 Å². The fourth-order valence-electron chi connectivity index (χ4n) is 2.79. The maximum atomic E-state index is 12.8. The number of hydrogen-bond donors (Lipinski definition) is 1. The summed E-state index contributed by atoms with van der Waals surface area (Å²) in [5.41, 5.74) is 1.18. The predicted octanol–water partition coefficient (Wildman–Crippen LogP) is 3.82. The highest BCUT2D eigenvalue weighted by Gasteiger charge is 2.31. The summed E-state index contributed by atoms with van der Waals surface area (Å²) in [6.07, 6.45) is 0. The number of methoxy groups -OCH3 is 1. The molecule has 1 aliphatic rings. The van der Waals surface area contributed by atoms with Crippen molar-refractivity contribution in [3.8, 4) is 17.2 Å². The lowest BCUT2D eigenvalue weighted by Gasteiger charge is -2.26. The van der Waals surface area contributed by atoms with E-state index in [1.165, 1.54) is 0 Å². The molecule has 138 valence electrons. The van der Waals surface area contributed by atoms with Gasteiger partial charge in [0.1, 0.15) is 19.0 Å². The van der Waals surface area contributed by atoms with Crippen LogP contribution in [0.5, 0.6) is 17.2 Å². The Balaban J connectivity index is 1.71. The number of nitrogens with one attached hydrogen (secondary N) is 1. The van der Waals surface area contributed by atoms with E-state index in [9.17, 15) is 4.79 Å². The zero-order valence-electron chi connectivity index (χ0n) is 15.1. The van der Waals surface area contributed by atoms with Gasteiger partial charge in [0.2, 0.25) is 5.91 Å². The Kier molecular flexibility index (Phi) is 5.41. The summed E-state index contributed by atoms with van der Waals surface area (Å²) in [4.78, 5) is 12.8. The number of carbonyl (C=O) groups is 1. The molecule has 0 saturated carbocycles. The first-order valence-electron chi connectivity index (χ1n) is 8.42. The maximum absolute atomic E-state index is 12.8. The number of fused-ring (bicyclic) bond motifs is 1. The molecule has 0 spiro atoms. The normalized spacial score (nSPS) is 13.2. The first-order valence-corrected chi connectivity index (χ1v) is 9.22. The molecule has 1 amide bonds. The Morgan fingerprint density at radius 1 is 1.15 bits per heavy atom. The van der Waals surface area contributed by atoms with Gasteiger partial charge in [-0.25, -0.2) is 0 Å². The van der Waals surface area contributed by atoms with Crippen LogP contribution in [0.25, 0.3) is 0 Å². The molecule has 0 radical (unpaired) electrons. The van der Waals surface area contributed by atoms with Crippen LogP contribution in [0.4, 0.5) is 0 Å². The van der Waals surface area contributed by atoms with E-state index in [2.05, 4.69) is 21.2 Å². The van der Waals surface area contributed by atoms with Crippen LogP contribution in [0.15, 0.2) is 40.9 Å². The van der Waals surface area contributed by atoms with E-state index in [1.807, 2.05) is 50.2 Å². The SMILES string of the molecule is COc1ccc(CNC(=O)C(C)(C)c2ccc3c(c2)OCCO3)cc1Br. The summed E-state index contributed by atoms with van der Waals surface area (Å²) in [7, 11) is 1.62. The number of hydrogen-bond acceptors (Lipinski definition) is 4. The largest absolute Gasteiger partial charge is 0.496 e. The second-order valence-corrected chi connectivity index (χ2v) is 7.49. The van der Waals surface area contributed by atoms with Gasteiger partial charge in [-0.05, 0) is 65.2 Å². The molecule has 0 atom stereocenters. The molecule has 3 rings (SSSR count). The van der Waals surface area contributed by atoms with Crippen molar-refractivity contribution < 1.29 is 19.0 Å². The van der Waals surface area contributed by atoms with Crippen LogP contribution in [-0.4, -0.2) is 26.2 Å². The first-order chi connectivity index (χ1) is 12.4. The van der Waals surface area contributed by atoms with Crippen molar-refractivity contribution in [1.29, 1.82) is 0 Å². The summed E-state index contributed by atoms with van der Waals surface area (Å²) in [5.74, 6) is 2.12. The van der Waals surface area contributed by atoms with Crippen molar-refractivity contribution >= 4 is 21.8 Å². The molecule has 1 N–H and O–H groups in total. The molecule has 2 aromatic carbocycles. The Morgan fingerprint density at radius 3 is 2.58 bits per heavy atom. The van der Waals surface area contributed by atoms with Crippen LogP contribution in [0, 0.1) is 0 Å². The van der Waals surface area contributed by atoms with Gasteiger partial charge >= 0.3 is 0 Å². The number of amides is 1. The van der Waals surface area contributed by atoms with E-state index < -0.39 is 5.41 Å². The molecular weight excluding hydrogens is 398 g/mol. The Morgan fingerprint density at radius 2 is 1.88 bits per heavy atom. The number of benzene rings is 2. The van der Waals surface area contributed by atoms with Crippen molar-refractivity contribution in [3.63, 3.8) is 0 Å². The van der Waals surface area contributed by atoms with Gasteiger partial charge in [0, 0.05) is 6.54 Å². The van der Waals surface area contributed by atoms with Gasteiger partial charge in [0.15, 0.2) is 11.5 Å². The lowest BCUT2D eigenvalue weighted by atomic mass is 9.83. The van der Waals surface area contributed by atoms with Crippen LogP contribution in [0.2, 0.25) is 0 Å². The first kappa shape index (κ1) is 18.6. The molecule has 5 nitrogen and oxygen atoms in total. The zero-order chi connectivity index (χ0) is 18.7. The van der Waals surface area contributed by atoms with Crippen molar-refractivity contribution in [1.82, 2.24) is 5.32 Å². The van der Waals surface area contributed by atoms with Gasteiger partial charge in [-0.3, -0.25) is 4.79 Å². The molecule has 6 heteroatoms. The third kappa shape index (κ3) is 3.80. The van der Waals surface area contributed by atoms with Gasteiger partial charge < -0.3 is 19.5 Å². The fourth-order valence-corrected chi connectivity index (χ4v) is 3.37. The van der Waals surface area contributed by atoms with Crippen molar-refractivity contribution in [3.05, 3.63) is 52.0 Å². The molecule has 0 aliphatic carbocycles. The average molecular weight is 420 g/mol. The summed E-state index contributed by atoms with van der Waals surface area (Å²) >= 11 is 3.46. The summed E-state index contributed by atoms with van der Waals surface area (Å²) < 4.78 is 17.3. The molecule has 0 bridgehead atoms. The summed E-state index contributed by atoms with van der Waals surface area (Å²) in [6, 6.07) is 11.4. The van der Waals surface area contributed by atoms with Crippen LogP contribution >= 0.6 is 15.9 Å². The lowest BCUT2D eigenvalue weighted by Crippen LogP contribution is -2.39. The molecule has 0 unspecified atom stereocenters. The maximum Gasteiger partial charge on any atom is 0.230 e. The van der Waals surface area contributed by atoms with Crippen molar-refractivity contribution in [2.24, 2.45) is 0 Å². The smallest absolute Gasteiger partial charge is 0.230 e. The highest BCUT2D eigenvalue weighted by atomic mass is 79.9. The third-order valence-corrected chi connectivity index (χ3v) is 5.12. The molecule has 0 saturated heterocycles. The monoisotopic (exact) mass is 419 g/mol. The van der Waals surface area contributed by atoms with Gasteiger partial charge in [0.05, 0.1) is 17.0 Å². The van der Waals surface area contributed by atoms with Gasteiger partial charge in [0.25, 0.3) is 0 Å². The summed E-state index contributed by atoms with van der Waals surface area (Å²) in [5, 5.41) is 3.01. The van der Waals surface area contributed by atoms with E-state index in [1.54, 1.807) is 7.11 Å². The van der Waals surface area contributed by atoms with E-state index in [4.69, 9.17) is 14.2 Å².